The lowest BCUT2D eigenvalue weighted by Gasteiger charge is -2.13. The molecule has 1 saturated heterocycles. The number of anilines is 1. The Morgan fingerprint density at radius 3 is 3.17 bits per heavy atom. The van der Waals surface area contributed by atoms with Crippen molar-refractivity contribution in [3.05, 3.63) is 35.5 Å². The van der Waals surface area contributed by atoms with Crippen LogP contribution < -0.4 is 5.32 Å². The summed E-state index contributed by atoms with van der Waals surface area (Å²) in [6.07, 6.45) is 3.16. The van der Waals surface area contributed by atoms with Gasteiger partial charge in [-0.2, -0.15) is 11.8 Å². The van der Waals surface area contributed by atoms with E-state index in [1.54, 1.807) is 0 Å². The normalized spacial score (nSPS) is 19.3. The third kappa shape index (κ3) is 2.57. The number of thioether (sulfide) groups is 1. The molecule has 1 aromatic carbocycles. The molecule has 1 unspecified atom stereocenters. The Hall–Kier alpha value is -0.930. The number of aromatic nitrogens is 1. The highest BCUT2D eigenvalue weighted by molar-refractivity contribution is 7.99. The van der Waals surface area contributed by atoms with Gasteiger partial charge in [-0.05, 0) is 48.1 Å². The maximum atomic E-state index is 5.99. The number of benzene rings is 1. The summed E-state index contributed by atoms with van der Waals surface area (Å²) in [5.41, 5.74) is 2.11. The van der Waals surface area contributed by atoms with Gasteiger partial charge in [0.15, 0.2) is 0 Å². The molecule has 2 aromatic rings. The van der Waals surface area contributed by atoms with E-state index in [2.05, 4.69) is 22.1 Å². The fourth-order valence-corrected chi connectivity index (χ4v) is 3.72. The van der Waals surface area contributed by atoms with Gasteiger partial charge in [0.25, 0.3) is 0 Å². The average molecular weight is 279 g/mol. The smallest absolute Gasteiger partial charge is 0.0737 e. The minimum atomic E-state index is 0.736. The van der Waals surface area contributed by atoms with Gasteiger partial charge in [-0.1, -0.05) is 11.6 Å². The third-order valence-electron chi connectivity index (χ3n) is 3.31. The highest BCUT2D eigenvalue weighted by atomic mass is 35.5. The van der Waals surface area contributed by atoms with Crippen molar-refractivity contribution in [2.75, 3.05) is 23.4 Å². The van der Waals surface area contributed by atoms with Crippen LogP contribution in [0.1, 0.15) is 6.42 Å². The fourth-order valence-electron chi connectivity index (χ4n) is 2.27. The van der Waals surface area contributed by atoms with Crippen LogP contribution in [0, 0.1) is 5.92 Å². The Morgan fingerprint density at radius 1 is 1.39 bits per heavy atom. The second-order valence-corrected chi connectivity index (χ2v) is 6.22. The number of hydrogen-bond donors (Lipinski definition) is 1. The molecule has 1 atom stereocenters. The first-order chi connectivity index (χ1) is 8.83. The van der Waals surface area contributed by atoms with E-state index in [1.807, 2.05) is 30.5 Å². The summed E-state index contributed by atoms with van der Waals surface area (Å²) in [7, 11) is 0. The van der Waals surface area contributed by atoms with Crippen LogP contribution in [0.25, 0.3) is 10.9 Å². The van der Waals surface area contributed by atoms with Crippen molar-refractivity contribution >= 4 is 40.0 Å². The van der Waals surface area contributed by atoms with Gasteiger partial charge in [-0.25, -0.2) is 0 Å². The summed E-state index contributed by atoms with van der Waals surface area (Å²) < 4.78 is 0. The van der Waals surface area contributed by atoms with Gasteiger partial charge in [0.05, 0.1) is 5.52 Å². The van der Waals surface area contributed by atoms with Crippen LogP contribution in [0.15, 0.2) is 30.5 Å². The minimum absolute atomic E-state index is 0.736. The first-order valence-electron chi connectivity index (χ1n) is 6.19. The van der Waals surface area contributed by atoms with Crippen molar-refractivity contribution in [3.63, 3.8) is 0 Å². The van der Waals surface area contributed by atoms with Crippen LogP contribution in [0.4, 0.5) is 5.69 Å². The van der Waals surface area contributed by atoms with Gasteiger partial charge in [-0.3, -0.25) is 4.98 Å². The van der Waals surface area contributed by atoms with E-state index < -0.39 is 0 Å². The van der Waals surface area contributed by atoms with E-state index in [4.69, 9.17) is 11.6 Å². The highest BCUT2D eigenvalue weighted by Gasteiger charge is 2.15. The summed E-state index contributed by atoms with van der Waals surface area (Å²) in [5.74, 6) is 3.38. The molecule has 2 nitrogen and oxygen atoms in total. The molecule has 0 amide bonds. The molecule has 18 heavy (non-hydrogen) atoms. The Labute approximate surface area is 116 Å². The Kier molecular flexibility index (Phi) is 3.62. The van der Waals surface area contributed by atoms with Crippen molar-refractivity contribution in [3.8, 4) is 0 Å². The maximum absolute atomic E-state index is 5.99. The molecule has 1 aliphatic rings. The number of hydrogen-bond acceptors (Lipinski definition) is 3. The van der Waals surface area contributed by atoms with Crippen LogP contribution in [0.3, 0.4) is 0 Å². The van der Waals surface area contributed by atoms with E-state index in [-0.39, 0.29) is 0 Å². The number of rotatable bonds is 3. The zero-order valence-electron chi connectivity index (χ0n) is 10.0. The van der Waals surface area contributed by atoms with Gasteiger partial charge in [0.1, 0.15) is 0 Å². The number of halogens is 1. The van der Waals surface area contributed by atoms with E-state index in [0.717, 1.165) is 34.1 Å². The molecule has 1 aromatic heterocycles. The monoisotopic (exact) mass is 278 g/mol. The summed E-state index contributed by atoms with van der Waals surface area (Å²) in [5, 5.41) is 5.43. The summed E-state index contributed by atoms with van der Waals surface area (Å²) in [4.78, 5) is 4.35. The number of nitrogens with zero attached hydrogens (tertiary/aromatic N) is 1. The molecule has 94 valence electrons. The lowest BCUT2D eigenvalue weighted by molar-refractivity contribution is 0.632. The van der Waals surface area contributed by atoms with Crippen LogP contribution in [-0.2, 0) is 0 Å². The Morgan fingerprint density at radius 2 is 2.33 bits per heavy atom. The number of fused-ring (bicyclic) bond motifs is 1. The van der Waals surface area contributed by atoms with Crippen molar-refractivity contribution in [2.45, 2.75) is 6.42 Å². The van der Waals surface area contributed by atoms with Crippen LogP contribution in [0.2, 0.25) is 5.02 Å². The number of pyridine rings is 1. The molecular weight excluding hydrogens is 264 g/mol. The van der Waals surface area contributed by atoms with Crippen LogP contribution in [-0.4, -0.2) is 23.0 Å². The van der Waals surface area contributed by atoms with E-state index in [0.29, 0.717) is 0 Å². The average Bonchev–Trinajstić information content (AvgIpc) is 2.89. The summed E-state index contributed by atoms with van der Waals surface area (Å²) >= 11 is 8.04. The van der Waals surface area contributed by atoms with Crippen molar-refractivity contribution in [2.24, 2.45) is 5.92 Å². The summed E-state index contributed by atoms with van der Waals surface area (Å²) in [6, 6.07) is 7.91. The molecule has 0 aliphatic carbocycles. The van der Waals surface area contributed by atoms with E-state index in [1.165, 1.54) is 17.9 Å². The zero-order valence-corrected chi connectivity index (χ0v) is 11.6. The SMILES string of the molecule is Clc1ccc2c(NCC3CCSC3)ccnc2c1. The van der Waals surface area contributed by atoms with Crippen molar-refractivity contribution in [1.29, 1.82) is 0 Å². The predicted octanol–water partition coefficient (Wildman–Crippen LogP) is 4.05. The van der Waals surface area contributed by atoms with Gasteiger partial charge in [0.2, 0.25) is 0 Å². The Bertz CT molecular complexity index is 552. The van der Waals surface area contributed by atoms with E-state index in [9.17, 15) is 0 Å². The van der Waals surface area contributed by atoms with Crippen LogP contribution in [0.5, 0.6) is 0 Å². The largest absolute Gasteiger partial charge is 0.384 e. The maximum Gasteiger partial charge on any atom is 0.0737 e. The second-order valence-electron chi connectivity index (χ2n) is 4.63. The first-order valence-corrected chi connectivity index (χ1v) is 7.72. The first kappa shape index (κ1) is 12.1. The van der Waals surface area contributed by atoms with Crippen LogP contribution >= 0.6 is 23.4 Å². The quantitative estimate of drug-likeness (QED) is 0.917. The lowest BCUT2D eigenvalue weighted by atomic mass is 10.1. The molecular formula is C14H15ClN2S. The molecule has 0 spiro atoms. The Balaban J connectivity index is 1.82. The van der Waals surface area contributed by atoms with Crippen molar-refractivity contribution in [1.82, 2.24) is 4.98 Å². The van der Waals surface area contributed by atoms with Gasteiger partial charge >= 0.3 is 0 Å². The second kappa shape index (κ2) is 5.37. The molecule has 4 heteroatoms. The third-order valence-corrected chi connectivity index (χ3v) is 4.78. The van der Waals surface area contributed by atoms with Gasteiger partial charge in [0, 0.05) is 28.8 Å². The molecule has 0 saturated carbocycles. The number of nitrogens with one attached hydrogen (secondary N) is 1. The van der Waals surface area contributed by atoms with Gasteiger partial charge in [-0.15, -0.1) is 0 Å². The lowest BCUT2D eigenvalue weighted by Crippen LogP contribution is -2.13. The van der Waals surface area contributed by atoms with Gasteiger partial charge < -0.3 is 5.32 Å². The molecule has 0 radical (unpaired) electrons. The predicted molar refractivity (Wildman–Crippen MR) is 80.7 cm³/mol. The molecule has 1 aliphatic heterocycles. The molecule has 0 bridgehead atoms. The summed E-state index contributed by atoms with van der Waals surface area (Å²) in [6.45, 7) is 1.05. The highest BCUT2D eigenvalue weighted by Crippen LogP contribution is 2.27. The molecule has 2 heterocycles. The fraction of sp³-hybridized carbons (Fsp3) is 0.357. The molecule has 1 N–H and O–H groups in total. The topological polar surface area (TPSA) is 24.9 Å². The van der Waals surface area contributed by atoms with E-state index >= 15 is 0 Å². The van der Waals surface area contributed by atoms with Crippen molar-refractivity contribution < 1.29 is 0 Å². The standard InChI is InChI=1S/C14H15ClN2S/c15-11-1-2-12-13(3-5-16-14(12)7-11)17-8-10-4-6-18-9-10/h1-3,5,7,10H,4,6,8-9H2,(H,16,17). The minimum Gasteiger partial charge on any atom is -0.384 e. The molecule has 3 rings (SSSR count). The zero-order chi connectivity index (χ0) is 12.4. The molecule has 1 fully saturated rings.